The van der Waals surface area contributed by atoms with Crippen molar-refractivity contribution in [2.75, 3.05) is 42.7 Å². The van der Waals surface area contributed by atoms with Gasteiger partial charge in [-0.25, -0.2) is 0 Å². The van der Waals surface area contributed by atoms with Gasteiger partial charge in [-0.1, -0.05) is 6.92 Å². The number of nitrogens with one attached hydrogen (secondary N) is 2. The lowest BCUT2D eigenvalue weighted by molar-refractivity contribution is -0.113. The third-order valence-corrected chi connectivity index (χ3v) is 3.98. The van der Waals surface area contributed by atoms with Crippen molar-refractivity contribution in [2.24, 2.45) is 0 Å². The van der Waals surface area contributed by atoms with Crippen LogP contribution in [0.15, 0.2) is 23.1 Å². The zero-order chi connectivity index (χ0) is 13.0. The summed E-state index contributed by atoms with van der Waals surface area (Å²) >= 11 is 1.60. The number of carbonyl (C=O) groups is 1. The molecule has 0 saturated carbocycles. The number of hydrogen-bond donors (Lipinski definition) is 2. The van der Waals surface area contributed by atoms with Crippen LogP contribution in [0.4, 0.5) is 11.4 Å². The summed E-state index contributed by atoms with van der Waals surface area (Å²) in [7, 11) is 2.07. The van der Waals surface area contributed by atoms with E-state index in [2.05, 4.69) is 41.6 Å². The standard InChI is InChI=1S/C13H19N3OS/c1-3-14-6-7-16(2)10-4-5-12-11(8-10)15-13(17)9-18-12/h4-5,8,14H,3,6-7,9H2,1-2H3,(H,15,17). The zero-order valence-corrected chi connectivity index (χ0v) is 11.6. The summed E-state index contributed by atoms with van der Waals surface area (Å²) in [5.74, 6) is 0.600. The van der Waals surface area contributed by atoms with Gasteiger partial charge in [-0.15, -0.1) is 11.8 Å². The van der Waals surface area contributed by atoms with Crippen molar-refractivity contribution in [3.8, 4) is 0 Å². The fourth-order valence-corrected chi connectivity index (χ4v) is 2.65. The number of carbonyl (C=O) groups excluding carboxylic acids is 1. The maximum Gasteiger partial charge on any atom is 0.234 e. The number of hydrogen-bond acceptors (Lipinski definition) is 4. The Morgan fingerprint density at radius 1 is 1.50 bits per heavy atom. The summed E-state index contributed by atoms with van der Waals surface area (Å²) < 4.78 is 0. The highest BCUT2D eigenvalue weighted by atomic mass is 32.2. The average Bonchev–Trinajstić information content (AvgIpc) is 2.38. The smallest absolute Gasteiger partial charge is 0.234 e. The minimum atomic E-state index is 0.0833. The van der Waals surface area contributed by atoms with Gasteiger partial charge in [0.25, 0.3) is 0 Å². The van der Waals surface area contributed by atoms with Crippen LogP contribution in [0.25, 0.3) is 0 Å². The molecule has 0 bridgehead atoms. The number of likely N-dealkylation sites (N-methyl/N-ethyl adjacent to an activating group) is 2. The molecule has 1 aromatic carbocycles. The third kappa shape index (κ3) is 3.17. The molecule has 2 N–H and O–H groups in total. The highest BCUT2D eigenvalue weighted by molar-refractivity contribution is 8.00. The Hall–Kier alpha value is -1.20. The number of rotatable bonds is 5. The lowest BCUT2D eigenvalue weighted by atomic mass is 10.2. The van der Waals surface area contributed by atoms with E-state index in [1.165, 1.54) is 0 Å². The van der Waals surface area contributed by atoms with Crippen molar-refractivity contribution < 1.29 is 4.79 Å². The lowest BCUT2D eigenvalue weighted by Gasteiger charge is -2.23. The van der Waals surface area contributed by atoms with Crippen molar-refractivity contribution in [3.63, 3.8) is 0 Å². The molecule has 1 aliphatic heterocycles. The molecule has 1 aromatic rings. The molecule has 4 nitrogen and oxygen atoms in total. The van der Waals surface area contributed by atoms with Crippen molar-refractivity contribution in [2.45, 2.75) is 11.8 Å². The fraction of sp³-hybridized carbons (Fsp3) is 0.462. The second kappa shape index (κ2) is 6.11. The maximum absolute atomic E-state index is 11.4. The molecule has 98 valence electrons. The van der Waals surface area contributed by atoms with Gasteiger partial charge in [0, 0.05) is 30.7 Å². The van der Waals surface area contributed by atoms with E-state index < -0.39 is 0 Å². The first-order chi connectivity index (χ1) is 8.70. The van der Waals surface area contributed by atoms with Crippen LogP contribution in [0, 0.1) is 0 Å². The molecule has 1 heterocycles. The van der Waals surface area contributed by atoms with Crippen LogP contribution >= 0.6 is 11.8 Å². The first kappa shape index (κ1) is 13.2. The van der Waals surface area contributed by atoms with E-state index in [9.17, 15) is 4.79 Å². The minimum Gasteiger partial charge on any atom is -0.373 e. The van der Waals surface area contributed by atoms with E-state index in [0.29, 0.717) is 5.75 Å². The molecule has 0 spiro atoms. The molecule has 0 unspecified atom stereocenters. The van der Waals surface area contributed by atoms with Crippen molar-refractivity contribution in [3.05, 3.63) is 18.2 Å². The van der Waals surface area contributed by atoms with Gasteiger partial charge in [0.05, 0.1) is 11.4 Å². The van der Waals surface area contributed by atoms with Gasteiger partial charge in [0.15, 0.2) is 0 Å². The van der Waals surface area contributed by atoms with Crippen LogP contribution in [0.5, 0.6) is 0 Å². The molecule has 0 atom stereocenters. The normalized spacial score (nSPS) is 14.0. The monoisotopic (exact) mass is 265 g/mol. The van der Waals surface area contributed by atoms with E-state index in [4.69, 9.17) is 0 Å². The van der Waals surface area contributed by atoms with Gasteiger partial charge in [0.2, 0.25) is 5.91 Å². The summed E-state index contributed by atoms with van der Waals surface area (Å²) in [5.41, 5.74) is 2.07. The molecule has 0 aliphatic carbocycles. The first-order valence-electron chi connectivity index (χ1n) is 6.19. The van der Waals surface area contributed by atoms with Crippen LogP contribution in [0.1, 0.15) is 6.92 Å². The highest BCUT2D eigenvalue weighted by Gasteiger charge is 2.16. The Bertz CT molecular complexity index is 436. The Morgan fingerprint density at radius 3 is 3.11 bits per heavy atom. The van der Waals surface area contributed by atoms with E-state index >= 15 is 0 Å². The Morgan fingerprint density at radius 2 is 2.33 bits per heavy atom. The molecular weight excluding hydrogens is 246 g/mol. The number of anilines is 2. The van der Waals surface area contributed by atoms with Gasteiger partial charge in [-0.05, 0) is 24.7 Å². The van der Waals surface area contributed by atoms with E-state index in [1.54, 1.807) is 11.8 Å². The maximum atomic E-state index is 11.4. The molecule has 0 aromatic heterocycles. The summed E-state index contributed by atoms with van der Waals surface area (Å²) in [6.07, 6.45) is 0. The predicted molar refractivity (Wildman–Crippen MR) is 77.6 cm³/mol. The molecule has 5 heteroatoms. The summed E-state index contributed by atoms with van der Waals surface area (Å²) in [6, 6.07) is 6.24. The zero-order valence-electron chi connectivity index (χ0n) is 10.8. The quantitative estimate of drug-likeness (QED) is 0.797. The number of benzene rings is 1. The van der Waals surface area contributed by atoms with E-state index in [-0.39, 0.29) is 5.91 Å². The first-order valence-corrected chi connectivity index (χ1v) is 7.18. The van der Waals surface area contributed by atoms with Crippen LogP contribution < -0.4 is 15.5 Å². The number of thioether (sulfide) groups is 1. The Labute approximate surface area is 112 Å². The topological polar surface area (TPSA) is 44.4 Å². The van der Waals surface area contributed by atoms with Crippen molar-refractivity contribution in [1.82, 2.24) is 5.32 Å². The summed E-state index contributed by atoms with van der Waals surface area (Å²) in [6.45, 7) is 5.01. The number of fused-ring (bicyclic) bond motifs is 1. The largest absolute Gasteiger partial charge is 0.373 e. The van der Waals surface area contributed by atoms with Crippen LogP contribution in [-0.4, -0.2) is 38.3 Å². The molecule has 0 radical (unpaired) electrons. The van der Waals surface area contributed by atoms with E-state index in [1.807, 2.05) is 6.07 Å². The van der Waals surface area contributed by atoms with Gasteiger partial charge in [-0.2, -0.15) is 0 Å². The average molecular weight is 265 g/mol. The Kier molecular flexibility index (Phi) is 4.49. The molecule has 1 aliphatic rings. The molecular formula is C13H19N3OS. The molecule has 2 rings (SSSR count). The molecule has 1 amide bonds. The summed E-state index contributed by atoms with van der Waals surface area (Å²) in [5, 5.41) is 6.22. The lowest BCUT2D eigenvalue weighted by Crippen LogP contribution is -2.29. The molecule has 18 heavy (non-hydrogen) atoms. The van der Waals surface area contributed by atoms with E-state index in [0.717, 1.165) is 35.9 Å². The highest BCUT2D eigenvalue weighted by Crippen LogP contribution is 2.34. The second-order valence-electron chi connectivity index (χ2n) is 4.29. The number of nitrogens with zero attached hydrogens (tertiary/aromatic N) is 1. The Balaban J connectivity index is 2.05. The van der Waals surface area contributed by atoms with Crippen LogP contribution in [0.2, 0.25) is 0 Å². The van der Waals surface area contributed by atoms with Crippen molar-refractivity contribution in [1.29, 1.82) is 0 Å². The fourth-order valence-electron chi connectivity index (χ4n) is 1.86. The second-order valence-corrected chi connectivity index (χ2v) is 5.31. The third-order valence-electron chi connectivity index (χ3n) is 2.91. The van der Waals surface area contributed by atoms with Gasteiger partial charge in [-0.3, -0.25) is 4.79 Å². The molecule has 0 saturated heterocycles. The van der Waals surface area contributed by atoms with Crippen LogP contribution in [-0.2, 0) is 4.79 Å². The summed E-state index contributed by atoms with van der Waals surface area (Å²) in [4.78, 5) is 14.7. The molecule has 0 fully saturated rings. The van der Waals surface area contributed by atoms with Gasteiger partial charge >= 0.3 is 0 Å². The number of amides is 1. The predicted octanol–water partition coefficient (Wildman–Crippen LogP) is 1.78. The van der Waals surface area contributed by atoms with Gasteiger partial charge in [0.1, 0.15) is 0 Å². The van der Waals surface area contributed by atoms with Gasteiger partial charge < -0.3 is 15.5 Å². The van der Waals surface area contributed by atoms with Crippen LogP contribution in [0.3, 0.4) is 0 Å². The van der Waals surface area contributed by atoms with Crippen molar-refractivity contribution >= 4 is 29.0 Å². The SMILES string of the molecule is CCNCCN(C)c1ccc2c(c1)NC(=O)CS2. The minimum absolute atomic E-state index is 0.0833.